The highest BCUT2D eigenvalue weighted by Crippen LogP contribution is 2.38. The third kappa shape index (κ3) is 5.78. The van der Waals surface area contributed by atoms with Crippen LogP contribution in [0, 0.1) is 11.8 Å². The van der Waals surface area contributed by atoms with Crippen molar-refractivity contribution in [3.8, 4) is 0 Å². The molecule has 0 bridgehead atoms. The summed E-state index contributed by atoms with van der Waals surface area (Å²) in [6.45, 7) is 5.68. The van der Waals surface area contributed by atoms with Gasteiger partial charge >= 0.3 is 11.9 Å². The highest BCUT2D eigenvalue weighted by Gasteiger charge is 2.45. The van der Waals surface area contributed by atoms with Crippen LogP contribution in [-0.4, -0.2) is 36.7 Å². The van der Waals surface area contributed by atoms with Crippen molar-refractivity contribution in [2.24, 2.45) is 11.8 Å². The van der Waals surface area contributed by atoms with Crippen LogP contribution >= 0.6 is 23.2 Å². The summed E-state index contributed by atoms with van der Waals surface area (Å²) >= 11 is 12.0. The van der Waals surface area contributed by atoms with Gasteiger partial charge in [0, 0.05) is 5.92 Å². The first-order valence-corrected chi connectivity index (χ1v) is 9.20. The molecule has 0 radical (unpaired) electrons. The number of carbonyl (C=O) groups is 4. The fourth-order valence-corrected chi connectivity index (χ4v) is 3.20. The Labute approximate surface area is 168 Å². The molecule has 0 aliphatic rings. The van der Waals surface area contributed by atoms with Crippen molar-refractivity contribution >= 4 is 46.7 Å². The fourth-order valence-electron chi connectivity index (χ4n) is 2.89. The minimum absolute atomic E-state index is 0.0425. The van der Waals surface area contributed by atoms with E-state index in [1.807, 2.05) is 0 Å². The normalized spacial score (nSPS) is 14.0. The van der Waals surface area contributed by atoms with E-state index in [1.54, 1.807) is 13.8 Å². The van der Waals surface area contributed by atoms with E-state index in [9.17, 15) is 19.2 Å². The molecule has 0 aromatic heterocycles. The number of ketones is 2. The Morgan fingerprint density at radius 3 is 1.63 bits per heavy atom. The number of carbonyl (C=O) groups excluding carboxylic acids is 4. The third-order valence-electron chi connectivity index (χ3n) is 4.00. The average Bonchev–Trinajstić information content (AvgIpc) is 2.56. The monoisotopic (exact) mass is 416 g/mol. The van der Waals surface area contributed by atoms with Crippen LogP contribution in [0.25, 0.3) is 0 Å². The van der Waals surface area contributed by atoms with E-state index in [-0.39, 0.29) is 23.3 Å². The van der Waals surface area contributed by atoms with Crippen molar-refractivity contribution in [3.63, 3.8) is 0 Å². The number of hydrogen-bond donors (Lipinski definition) is 0. The van der Waals surface area contributed by atoms with Crippen LogP contribution in [-0.2, 0) is 28.7 Å². The topological polar surface area (TPSA) is 86.7 Å². The lowest BCUT2D eigenvalue weighted by Gasteiger charge is -2.29. The van der Waals surface area contributed by atoms with Gasteiger partial charge < -0.3 is 9.47 Å². The standard InChI is InChI=1S/C19H22Cl2O6/c1-5-26-18(24)15(10(3)22)17(12-7-8-13(20)14(21)9-12)16(11(4)23)19(25)27-6-2/h7-9,15-17H,5-6H2,1-4H3. The van der Waals surface area contributed by atoms with Gasteiger partial charge in [0.2, 0.25) is 0 Å². The molecule has 0 aliphatic carbocycles. The molecule has 8 heteroatoms. The maximum absolute atomic E-state index is 12.5. The summed E-state index contributed by atoms with van der Waals surface area (Å²) in [5.74, 6) is -6.61. The van der Waals surface area contributed by atoms with E-state index >= 15 is 0 Å². The predicted octanol–water partition coefficient (Wildman–Crippen LogP) is 3.61. The smallest absolute Gasteiger partial charge is 0.317 e. The summed E-state index contributed by atoms with van der Waals surface area (Å²) in [7, 11) is 0. The van der Waals surface area contributed by atoms with Crippen molar-refractivity contribution in [2.75, 3.05) is 13.2 Å². The molecule has 27 heavy (non-hydrogen) atoms. The summed E-state index contributed by atoms with van der Waals surface area (Å²) in [5.41, 5.74) is 0.339. The third-order valence-corrected chi connectivity index (χ3v) is 4.74. The summed E-state index contributed by atoms with van der Waals surface area (Å²) < 4.78 is 10.0. The van der Waals surface area contributed by atoms with E-state index in [4.69, 9.17) is 32.7 Å². The minimum atomic E-state index is -1.37. The second kappa shape index (κ2) is 10.4. The van der Waals surface area contributed by atoms with Crippen molar-refractivity contribution in [1.29, 1.82) is 0 Å². The maximum Gasteiger partial charge on any atom is 0.317 e. The highest BCUT2D eigenvalue weighted by molar-refractivity contribution is 6.42. The number of Topliss-reactive ketones (excluding diaryl/α,β-unsaturated/α-hetero) is 2. The molecule has 1 aromatic rings. The molecule has 0 amide bonds. The zero-order chi connectivity index (χ0) is 20.7. The second-order valence-electron chi connectivity index (χ2n) is 5.88. The zero-order valence-corrected chi connectivity index (χ0v) is 17.1. The van der Waals surface area contributed by atoms with Crippen LogP contribution < -0.4 is 0 Å². The van der Waals surface area contributed by atoms with Gasteiger partial charge in [-0.25, -0.2) is 0 Å². The first kappa shape index (κ1) is 23.1. The van der Waals surface area contributed by atoms with Crippen LogP contribution in [0.2, 0.25) is 10.0 Å². The molecule has 0 saturated heterocycles. The lowest BCUT2D eigenvalue weighted by molar-refractivity contribution is -0.157. The number of halogens is 2. The van der Waals surface area contributed by atoms with E-state index < -0.39 is 41.3 Å². The lowest BCUT2D eigenvalue weighted by atomic mass is 9.73. The Bertz CT molecular complexity index is 695. The summed E-state index contributed by atoms with van der Waals surface area (Å²) in [5, 5.41) is 0.418. The Hall–Kier alpha value is -1.92. The molecule has 0 fully saturated rings. The van der Waals surface area contributed by atoms with Gasteiger partial charge in [-0.3, -0.25) is 19.2 Å². The molecule has 6 nitrogen and oxygen atoms in total. The average molecular weight is 417 g/mol. The van der Waals surface area contributed by atoms with Crippen LogP contribution in [0.15, 0.2) is 18.2 Å². The Morgan fingerprint density at radius 2 is 1.30 bits per heavy atom. The Morgan fingerprint density at radius 1 is 0.852 bits per heavy atom. The van der Waals surface area contributed by atoms with Crippen LogP contribution in [0.1, 0.15) is 39.2 Å². The number of esters is 2. The predicted molar refractivity (Wildman–Crippen MR) is 101 cm³/mol. The lowest BCUT2D eigenvalue weighted by Crippen LogP contribution is -2.40. The van der Waals surface area contributed by atoms with E-state index in [0.717, 1.165) is 0 Å². The molecule has 0 N–H and O–H groups in total. The number of hydrogen-bond acceptors (Lipinski definition) is 6. The number of ether oxygens (including phenoxy) is 2. The minimum Gasteiger partial charge on any atom is -0.465 e. The molecule has 0 saturated carbocycles. The van der Waals surface area contributed by atoms with E-state index in [1.165, 1.54) is 32.0 Å². The molecule has 148 valence electrons. The van der Waals surface area contributed by atoms with Crippen molar-refractivity contribution in [2.45, 2.75) is 33.6 Å². The van der Waals surface area contributed by atoms with Gasteiger partial charge in [-0.15, -0.1) is 0 Å². The maximum atomic E-state index is 12.5. The fraction of sp³-hybridized carbons (Fsp3) is 0.474. The van der Waals surface area contributed by atoms with Gasteiger partial charge in [0.1, 0.15) is 23.4 Å². The van der Waals surface area contributed by atoms with E-state index in [0.29, 0.717) is 5.56 Å². The molecule has 2 unspecified atom stereocenters. The quantitative estimate of drug-likeness (QED) is 0.451. The second-order valence-corrected chi connectivity index (χ2v) is 6.69. The molecule has 0 heterocycles. The van der Waals surface area contributed by atoms with Gasteiger partial charge in [-0.2, -0.15) is 0 Å². The molecule has 0 spiro atoms. The van der Waals surface area contributed by atoms with Crippen LogP contribution in [0.3, 0.4) is 0 Å². The number of benzene rings is 1. The molecule has 1 rings (SSSR count). The Kier molecular flexibility index (Phi) is 8.93. The molecular weight excluding hydrogens is 395 g/mol. The van der Waals surface area contributed by atoms with Crippen LogP contribution in [0.5, 0.6) is 0 Å². The van der Waals surface area contributed by atoms with E-state index in [2.05, 4.69) is 0 Å². The first-order valence-electron chi connectivity index (χ1n) is 8.44. The van der Waals surface area contributed by atoms with Crippen molar-refractivity contribution in [3.05, 3.63) is 33.8 Å². The van der Waals surface area contributed by atoms with Gasteiger partial charge in [0.25, 0.3) is 0 Å². The van der Waals surface area contributed by atoms with Crippen LogP contribution in [0.4, 0.5) is 0 Å². The Balaban J connectivity index is 3.64. The van der Waals surface area contributed by atoms with Gasteiger partial charge in [-0.05, 0) is 45.4 Å². The summed E-state index contributed by atoms with van der Waals surface area (Å²) in [6.07, 6.45) is 0. The highest BCUT2D eigenvalue weighted by atomic mass is 35.5. The van der Waals surface area contributed by atoms with Crippen molar-refractivity contribution in [1.82, 2.24) is 0 Å². The van der Waals surface area contributed by atoms with Crippen molar-refractivity contribution < 1.29 is 28.7 Å². The summed E-state index contributed by atoms with van der Waals surface area (Å²) in [4.78, 5) is 49.6. The molecule has 1 aromatic carbocycles. The zero-order valence-electron chi connectivity index (χ0n) is 15.6. The van der Waals surface area contributed by atoms with Gasteiger partial charge in [-0.1, -0.05) is 29.3 Å². The van der Waals surface area contributed by atoms with Gasteiger partial charge in [0.05, 0.1) is 23.3 Å². The SMILES string of the molecule is CCOC(=O)C(C(C)=O)C(c1ccc(Cl)c(Cl)c1)C(C(C)=O)C(=O)OCC. The first-order chi connectivity index (χ1) is 12.6. The van der Waals surface area contributed by atoms with Gasteiger partial charge in [0.15, 0.2) is 0 Å². The molecule has 0 aliphatic heterocycles. The molecule has 2 atom stereocenters. The largest absolute Gasteiger partial charge is 0.465 e. The number of rotatable bonds is 9. The summed E-state index contributed by atoms with van der Waals surface area (Å²) in [6, 6.07) is 4.42. The molecular formula is C19H22Cl2O6.